The van der Waals surface area contributed by atoms with Crippen LogP contribution in [0.15, 0.2) is 84.9 Å². The lowest BCUT2D eigenvalue weighted by Gasteiger charge is -2.15. The molecule has 0 bridgehead atoms. The van der Waals surface area contributed by atoms with Gasteiger partial charge in [0.1, 0.15) is 12.4 Å². The molecule has 0 radical (unpaired) electrons. The number of benzene rings is 4. The fourth-order valence-corrected chi connectivity index (χ4v) is 3.56. The van der Waals surface area contributed by atoms with Crippen molar-refractivity contribution in [1.82, 2.24) is 0 Å². The molecule has 0 heterocycles. The van der Waals surface area contributed by atoms with E-state index in [0.29, 0.717) is 18.2 Å². The van der Waals surface area contributed by atoms with Crippen molar-refractivity contribution in [2.24, 2.45) is 0 Å². The number of hydrogen-bond acceptors (Lipinski definition) is 3. The summed E-state index contributed by atoms with van der Waals surface area (Å²) in [5, 5.41) is 15.4. The minimum atomic E-state index is -0.958. The molecule has 0 aromatic heterocycles. The van der Waals surface area contributed by atoms with E-state index in [1.54, 1.807) is 24.3 Å². The summed E-state index contributed by atoms with van der Waals surface area (Å²) in [6, 6.07) is 26.6. The number of carboxylic acid groups (broad SMARTS) is 1. The number of fused-ring (bicyclic) bond motifs is 1. The fraction of sp³-hybridized carbons (Fsp3) is 0.0800. The highest BCUT2D eigenvalue weighted by molar-refractivity contribution is 6.30. The number of nitrogens with one attached hydrogen (secondary N) is 1. The number of rotatable bonds is 7. The van der Waals surface area contributed by atoms with Crippen LogP contribution in [0.4, 0.5) is 5.69 Å². The van der Waals surface area contributed by atoms with Gasteiger partial charge in [-0.2, -0.15) is 0 Å². The molecule has 150 valence electrons. The summed E-state index contributed by atoms with van der Waals surface area (Å²) in [5.74, 6) is -0.227. The number of anilines is 1. The third-order valence-electron chi connectivity index (χ3n) is 4.88. The molecule has 0 saturated heterocycles. The lowest BCUT2D eigenvalue weighted by molar-refractivity contribution is 0.0697. The first-order valence-corrected chi connectivity index (χ1v) is 9.93. The SMILES string of the molecule is O=C(O)c1cccc(NCc2cc(Cl)ccc2OCc2cccc3ccccc23)c1. The molecule has 4 rings (SSSR count). The molecular weight excluding hydrogens is 398 g/mol. The number of ether oxygens (including phenoxy) is 1. The van der Waals surface area contributed by atoms with Crippen LogP contribution in [0.5, 0.6) is 5.75 Å². The van der Waals surface area contributed by atoms with Crippen molar-refractivity contribution in [3.05, 3.63) is 107 Å². The average Bonchev–Trinajstić information content (AvgIpc) is 2.77. The summed E-state index contributed by atoms with van der Waals surface area (Å²) < 4.78 is 6.14. The normalized spacial score (nSPS) is 10.7. The second-order valence-electron chi connectivity index (χ2n) is 6.92. The van der Waals surface area contributed by atoms with Crippen LogP contribution in [0, 0.1) is 0 Å². The molecule has 0 fully saturated rings. The highest BCUT2D eigenvalue weighted by atomic mass is 35.5. The maximum atomic E-state index is 11.2. The standard InChI is InChI=1S/C25H20ClNO3/c26-21-11-12-24(30-16-19-8-3-6-17-5-1-2-10-23(17)19)20(13-21)15-27-22-9-4-7-18(14-22)25(28)29/h1-14,27H,15-16H2,(H,28,29). The van der Waals surface area contributed by atoms with Crippen LogP contribution in [-0.2, 0) is 13.2 Å². The quantitative estimate of drug-likeness (QED) is 0.366. The van der Waals surface area contributed by atoms with E-state index < -0.39 is 5.97 Å². The molecule has 2 N–H and O–H groups in total. The van der Waals surface area contributed by atoms with Crippen LogP contribution in [0.2, 0.25) is 5.02 Å². The molecule has 4 aromatic carbocycles. The van der Waals surface area contributed by atoms with Crippen LogP contribution in [0.1, 0.15) is 21.5 Å². The zero-order valence-electron chi connectivity index (χ0n) is 16.1. The van der Waals surface area contributed by atoms with Crippen molar-refractivity contribution in [2.75, 3.05) is 5.32 Å². The molecule has 5 heteroatoms. The van der Waals surface area contributed by atoms with E-state index in [4.69, 9.17) is 21.4 Å². The average molecular weight is 418 g/mol. The van der Waals surface area contributed by atoms with Gasteiger partial charge in [-0.15, -0.1) is 0 Å². The number of carbonyl (C=O) groups is 1. The predicted octanol–water partition coefficient (Wildman–Crippen LogP) is 6.38. The molecule has 0 saturated carbocycles. The summed E-state index contributed by atoms with van der Waals surface area (Å²) in [7, 11) is 0. The Kier molecular flexibility index (Phi) is 5.87. The van der Waals surface area contributed by atoms with E-state index >= 15 is 0 Å². The molecule has 0 spiro atoms. The highest BCUT2D eigenvalue weighted by Crippen LogP contribution is 2.26. The van der Waals surface area contributed by atoms with Crippen LogP contribution in [0.25, 0.3) is 10.8 Å². The molecule has 0 unspecified atom stereocenters. The Morgan fingerprint density at radius 1 is 0.900 bits per heavy atom. The number of hydrogen-bond donors (Lipinski definition) is 2. The predicted molar refractivity (Wildman–Crippen MR) is 120 cm³/mol. The maximum Gasteiger partial charge on any atom is 0.335 e. The van der Waals surface area contributed by atoms with Crippen molar-refractivity contribution >= 4 is 34.0 Å². The second kappa shape index (κ2) is 8.89. The van der Waals surface area contributed by atoms with Crippen molar-refractivity contribution in [3.8, 4) is 5.75 Å². The van der Waals surface area contributed by atoms with Gasteiger partial charge in [-0.3, -0.25) is 0 Å². The Labute approximate surface area is 179 Å². The minimum absolute atomic E-state index is 0.235. The zero-order valence-corrected chi connectivity index (χ0v) is 16.9. The van der Waals surface area contributed by atoms with Gasteiger partial charge >= 0.3 is 5.97 Å². The molecule has 0 aliphatic heterocycles. The van der Waals surface area contributed by atoms with Crippen LogP contribution >= 0.6 is 11.6 Å². The monoisotopic (exact) mass is 417 g/mol. The maximum absolute atomic E-state index is 11.2. The van der Waals surface area contributed by atoms with Crippen LogP contribution in [0.3, 0.4) is 0 Å². The molecule has 0 atom stereocenters. The largest absolute Gasteiger partial charge is 0.489 e. The molecule has 0 amide bonds. The van der Waals surface area contributed by atoms with Crippen LogP contribution < -0.4 is 10.1 Å². The lowest BCUT2D eigenvalue weighted by Crippen LogP contribution is -2.05. The number of aromatic carboxylic acids is 1. The van der Waals surface area contributed by atoms with Crippen LogP contribution in [-0.4, -0.2) is 11.1 Å². The highest BCUT2D eigenvalue weighted by Gasteiger charge is 2.08. The van der Waals surface area contributed by atoms with Gasteiger partial charge < -0.3 is 15.2 Å². The Morgan fingerprint density at radius 2 is 1.70 bits per heavy atom. The number of carboxylic acids is 1. The lowest BCUT2D eigenvalue weighted by atomic mass is 10.1. The van der Waals surface area contributed by atoms with Gasteiger partial charge in [0.15, 0.2) is 0 Å². The first-order chi connectivity index (χ1) is 14.6. The van der Waals surface area contributed by atoms with E-state index in [0.717, 1.165) is 22.6 Å². The molecule has 0 aliphatic carbocycles. The third-order valence-corrected chi connectivity index (χ3v) is 5.11. The molecule has 4 aromatic rings. The smallest absolute Gasteiger partial charge is 0.335 e. The minimum Gasteiger partial charge on any atom is -0.489 e. The Morgan fingerprint density at radius 3 is 2.57 bits per heavy atom. The van der Waals surface area contributed by atoms with Gasteiger partial charge in [0.2, 0.25) is 0 Å². The van der Waals surface area contributed by atoms with Crippen molar-refractivity contribution < 1.29 is 14.6 Å². The molecule has 0 aliphatic rings. The summed E-state index contributed by atoms with van der Waals surface area (Å²) in [6.45, 7) is 0.888. The van der Waals surface area contributed by atoms with E-state index in [1.807, 2.05) is 36.4 Å². The first kappa shape index (κ1) is 19.8. The van der Waals surface area contributed by atoms with Gasteiger partial charge in [-0.1, -0.05) is 60.1 Å². The van der Waals surface area contributed by atoms with E-state index in [2.05, 4.69) is 29.6 Å². The van der Waals surface area contributed by atoms with E-state index in [-0.39, 0.29) is 5.56 Å². The van der Waals surface area contributed by atoms with Gasteiger partial charge in [0, 0.05) is 22.8 Å². The summed E-state index contributed by atoms with van der Waals surface area (Å²) in [5.41, 5.74) is 2.95. The zero-order chi connectivity index (χ0) is 20.9. The van der Waals surface area contributed by atoms with Gasteiger partial charge in [-0.05, 0) is 52.7 Å². The Balaban J connectivity index is 1.52. The van der Waals surface area contributed by atoms with Crippen molar-refractivity contribution in [3.63, 3.8) is 0 Å². The summed E-state index contributed by atoms with van der Waals surface area (Å²) in [6.07, 6.45) is 0. The molecule has 4 nitrogen and oxygen atoms in total. The Hall–Kier alpha value is -3.50. The third kappa shape index (κ3) is 4.56. The van der Waals surface area contributed by atoms with E-state index in [9.17, 15) is 4.79 Å². The van der Waals surface area contributed by atoms with Crippen molar-refractivity contribution in [1.29, 1.82) is 0 Å². The topological polar surface area (TPSA) is 58.6 Å². The molecular formula is C25H20ClNO3. The first-order valence-electron chi connectivity index (χ1n) is 9.55. The fourth-order valence-electron chi connectivity index (χ4n) is 3.36. The Bertz CT molecular complexity index is 1200. The second-order valence-corrected chi connectivity index (χ2v) is 7.35. The van der Waals surface area contributed by atoms with E-state index in [1.165, 1.54) is 10.8 Å². The van der Waals surface area contributed by atoms with Gasteiger partial charge in [-0.25, -0.2) is 4.79 Å². The summed E-state index contributed by atoms with van der Waals surface area (Å²) >= 11 is 6.20. The van der Waals surface area contributed by atoms with Crippen molar-refractivity contribution in [2.45, 2.75) is 13.2 Å². The van der Waals surface area contributed by atoms with Gasteiger partial charge in [0.05, 0.1) is 5.56 Å². The summed E-state index contributed by atoms with van der Waals surface area (Å²) in [4.78, 5) is 11.2. The number of halogens is 1. The molecule has 30 heavy (non-hydrogen) atoms. The van der Waals surface area contributed by atoms with Gasteiger partial charge in [0.25, 0.3) is 0 Å².